The number of nitrogens with two attached hydrogens (primary N) is 1. The van der Waals surface area contributed by atoms with Crippen molar-refractivity contribution in [3.63, 3.8) is 0 Å². The van der Waals surface area contributed by atoms with Gasteiger partial charge >= 0.3 is 0 Å². The van der Waals surface area contributed by atoms with E-state index < -0.39 is 11.5 Å². The van der Waals surface area contributed by atoms with Gasteiger partial charge in [0.15, 0.2) is 5.60 Å². The van der Waals surface area contributed by atoms with Gasteiger partial charge in [0.1, 0.15) is 5.82 Å². The van der Waals surface area contributed by atoms with Crippen molar-refractivity contribution in [1.29, 1.82) is 0 Å². The van der Waals surface area contributed by atoms with E-state index in [4.69, 9.17) is 5.73 Å². The van der Waals surface area contributed by atoms with Crippen LogP contribution in [-0.4, -0.2) is 50.1 Å². The van der Waals surface area contributed by atoms with Crippen LogP contribution in [0.2, 0.25) is 0 Å². The Balaban J connectivity index is 1.75. The Bertz CT molecular complexity index is 696. The maximum Gasteiger partial charge on any atom is 0.255 e. The van der Waals surface area contributed by atoms with E-state index in [2.05, 4.69) is 4.98 Å². The molecule has 1 aliphatic heterocycles. The molecule has 3 heterocycles. The Labute approximate surface area is 127 Å². The SMILES string of the molecule is NC(=O)C1(O)CCN(C(=O)c2ccc(-n3cccc3)nc2)C1. The van der Waals surface area contributed by atoms with Gasteiger partial charge in [-0.2, -0.15) is 0 Å². The summed E-state index contributed by atoms with van der Waals surface area (Å²) < 4.78 is 1.83. The molecule has 7 nitrogen and oxygen atoms in total. The Morgan fingerprint density at radius 2 is 2.00 bits per heavy atom. The fourth-order valence-electron chi connectivity index (χ4n) is 2.50. The summed E-state index contributed by atoms with van der Waals surface area (Å²) in [6.07, 6.45) is 5.36. The van der Waals surface area contributed by atoms with Crippen molar-refractivity contribution >= 4 is 11.8 Å². The molecule has 0 radical (unpaired) electrons. The number of aliphatic hydroxyl groups is 1. The lowest BCUT2D eigenvalue weighted by molar-refractivity contribution is -0.134. The predicted octanol–water partition coefficient (Wildman–Crippen LogP) is -0.0654. The number of likely N-dealkylation sites (tertiary alicyclic amines) is 1. The minimum absolute atomic E-state index is 0.0828. The van der Waals surface area contributed by atoms with Crippen LogP contribution in [0.5, 0.6) is 0 Å². The lowest BCUT2D eigenvalue weighted by Gasteiger charge is -2.20. The number of carbonyl (C=O) groups is 2. The maximum atomic E-state index is 12.4. The van der Waals surface area contributed by atoms with Gasteiger partial charge < -0.3 is 20.3 Å². The largest absolute Gasteiger partial charge is 0.378 e. The fraction of sp³-hybridized carbons (Fsp3) is 0.267. The normalized spacial score (nSPS) is 21.0. The molecule has 3 rings (SSSR count). The second-order valence-electron chi connectivity index (χ2n) is 5.37. The molecule has 1 unspecified atom stereocenters. The smallest absolute Gasteiger partial charge is 0.255 e. The van der Waals surface area contributed by atoms with E-state index in [-0.39, 0.29) is 25.4 Å². The summed E-state index contributed by atoms with van der Waals surface area (Å²) in [5.41, 5.74) is 3.94. The molecule has 2 amide bonds. The van der Waals surface area contributed by atoms with Gasteiger partial charge in [0.05, 0.1) is 12.1 Å². The number of carbonyl (C=O) groups excluding carboxylic acids is 2. The quantitative estimate of drug-likeness (QED) is 0.828. The van der Waals surface area contributed by atoms with Gasteiger partial charge in [-0.3, -0.25) is 9.59 Å². The summed E-state index contributed by atoms with van der Waals surface area (Å²) in [6, 6.07) is 7.18. The van der Waals surface area contributed by atoms with Crippen LogP contribution in [-0.2, 0) is 4.79 Å². The van der Waals surface area contributed by atoms with E-state index in [1.165, 1.54) is 11.1 Å². The van der Waals surface area contributed by atoms with Gasteiger partial charge in [-0.1, -0.05) is 0 Å². The van der Waals surface area contributed by atoms with Gasteiger partial charge in [-0.15, -0.1) is 0 Å². The molecule has 2 aromatic heterocycles. The average molecular weight is 300 g/mol. The number of hydrogen-bond acceptors (Lipinski definition) is 4. The minimum atomic E-state index is -1.63. The molecule has 0 bridgehead atoms. The van der Waals surface area contributed by atoms with E-state index in [1.807, 2.05) is 29.1 Å². The zero-order chi connectivity index (χ0) is 15.7. The van der Waals surface area contributed by atoms with E-state index >= 15 is 0 Å². The van der Waals surface area contributed by atoms with Gasteiger partial charge in [0.25, 0.3) is 11.8 Å². The summed E-state index contributed by atoms with van der Waals surface area (Å²) in [5.74, 6) is -0.371. The fourth-order valence-corrected chi connectivity index (χ4v) is 2.50. The number of nitrogens with zero attached hydrogens (tertiary/aromatic N) is 3. The van der Waals surface area contributed by atoms with E-state index in [9.17, 15) is 14.7 Å². The number of amides is 2. The molecule has 3 N–H and O–H groups in total. The molecule has 22 heavy (non-hydrogen) atoms. The minimum Gasteiger partial charge on any atom is -0.378 e. The van der Waals surface area contributed by atoms with Crippen molar-refractivity contribution in [2.45, 2.75) is 12.0 Å². The zero-order valence-corrected chi connectivity index (χ0v) is 11.8. The molecule has 0 aromatic carbocycles. The molecule has 114 valence electrons. The highest BCUT2D eigenvalue weighted by Gasteiger charge is 2.43. The van der Waals surface area contributed by atoms with Gasteiger partial charge in [0.2, 0.25) is 0 Å². The highest BCUT2D eigenvalue weighted by Crippen LogP contribution is 2.22. The van der Waals surface area contributed by atoms with E-state index in [0.717, 1.165) is 0 Å². The summed E-state index contributed by atoms with van der Waals surface area (Å²) in [4.78, 5) is 29.3. The van der Waals surface area contributed by atoms with Crippen molar-refractivity contribution in [1.82, 2.24) is 14.5 Å². The third-order valence-corrected chi connectivity index (χ3v) is 3.86. The van der Waals surface area contributed by atoms with Crippen LogP contribution in [0.3, 0.4) is 0 Å². The van der Waals surface area contributed by atoms with Crippen LogP contribution < -0.4 is 5.73 Å². The molecule has 2 aromatic rings. The van der Waals surface area contributed by atoms with E-state index in [1.54, 1.807) is 12.1 Å². The molecule has 1 atom stereocenters. The lowest BCUT2D eigenvalue weighted by Crippen LogP contribution is -2.46. The van der Waals surface area contributed by atoms with Crippen LogP contribution in [0.1, 0.15) is 16.8 Å². The van der Waals surface area contributed by atoms with Crippen molar-refractivity contribution in [2.75, 3.05) is 13.1 Å². The molecule has 0 saturated carbocycles. The van der Waals surface area contributed by atoms with Crippen molar-refractivity contribution in [2.24, 2.45) is 5.73 Å². The molecular weight excluding hydrogens is 284 g/mol. The molecule has 1 aliphatic rings. The topological polar surface area (TPSA) is 101 Å². The highest BCUT2D eigenvalue weighted by molar-refractivity contribution is 5.95. The second-order valence-corrected chi connectivity index (χ2v) is 5.37. The Kier molecular flexibility index (Phi) is 3.42. The first-order chi connectivity index (χ1) is 10.5. The molecule has 7 heteroatoms. The zero-order valence-electron chi connectivity index (χ0n) is 11.8. The monoisotopic (exact) mass is 300 g/mol. The summed E-state index contributed by atoms with van der Waals surface area (Å²) in [7, 11) is 0. The van der Waals surface area contributed by atoms with Crippen LogP contribution in [0, 0.1) is 0 Å². The van der Waals surface area contributed by atoms with Gasteiger partial charge in [0, 0.05) is 31.6 Å². The standard InChI is InChI=1S/C15H16N4O3/c16-14(21)15(22)5-8-19(10-15)13(20)11-3-4-12(17-9-11)18-6-1-2-7-18/h1-4,6-7,9,22H,5,8,10H2,(H2,16,21). The van der Waals surface area contributed by atoms with Crippen molar-refractivity contribution < 1.29 is 14.7 Å². The second kappa shape index (κ2) is 5.27. The lowest BCUT2D eigenvalue weighted by atomic mass is 10.0. The van der Waals surface area contributed by atoms with Crippen LogP contribution in [0.25, 0.3) is 5.82 Å². The maximum absolute atomic E-state index is 12.4. The van der Waals surface area contributed by atoms with Gasteiger partial charge in [-0.05, 0) is 24.3 Å². The first-order valence-electron chi connectivity index (χ1n) is 6.90. The Morgan fingerprint density at radius 3 is 2.55 bits per heavy atom. The number of primary amides is 1. The molecular formula is C15H16N4O3. The predicted molar refractivity (Wildman–Crippen MR) is 78.2 cm³/mol. The number of hydrogen-bond donors (Lipinski definition) is 2. The summed E-state index contributed by atoms with van der Waals surface area (Å²) >= 11 is 0. The number of rotatable bonds is 3. The molecule has 0 aliphatic carbocycles. The third-order valence-electron chi connectivity index (χ3n) is 3.86. The highest BCUT2D eigenvalue weighted by atomic mass is 16.3. The van der Waals surface area contributed by atoms with Crippen LogP contribution in [0.15, 0.2) is 42.9 Å². The third kappa shape index (κ3) is 2.46. The Morgan fingerprint density at radius 1 is 1.27 bits per heavy atom. The average Bonchev–Trinajstić information content (AvgIpc) is 3.17. The first-order valence-corrected chi connectivity index (χ1v) is 6.90. The summed E-state index contributed by atoms with van der Waals surface area (Å²) in [6.45, 7) is 0.206. The number of β-amino-alcohol motifs (C(OH)–C–C–N with tert-alkyl or cyclic N) is 1. The summed E-state index contributed by atoms with van der Waals surface area (Å²) in [5, 5.41) is 10.0. The molecule has 0 spiro atoms. The van der Waals surface area contributed by atoms with Crippen LogP contribution >= 0.6 is 0 Å². The van der Waals surface area contributed by atoms with Crippen molar-refractivity contribution in [3.8, 4) is 5.82 Å². The Hall–Kier alpha value is -2.67. The van der Waals surface area contributed by atoms with Gasteiger partial charge in [-0.25, -0.2) is 4.98 Å². The van der Waals surface area contributed by atoms with Crippen molar-refractivity contribution in [3.05, 3.63) is 48.4 Å². The molecule has 1 fully saturated rings. The molecule has 1 saturated heterocycles. The number of aromatic nitrogens is 2. The van der Waals surface area contributed by atoms with E-state index in [0.29, 0.717) is 11.4 Å². The van der Waals surface area contributed by atoms with Crippen LogP contribution in [0.4, 0.5) is 0 Å². The first kappa shape index (κ1) is 14.3. The number of pyridine rings is 1.